The summed E-state index contributed by atoms with van der Waals surface area (Å²) in [7, 11) is 0. The molecule has 0 saturated heterocycles. The van der Waals surface area contributed by atoms with Gasteiger partial charge < -0.3 is 14.9 Å². The molecule has 1 aliphatic rings. The van der Waals surface area contributed by atoms with Crippen molar-refractivity contribution >= 4 is 11.0 Å². The number of aromatic nitrogens is 2. The quantitative estimate of drug-likeness (QED) is 0.746. The fourth-order valence-corrected chi connectivity index (χ4v) is 3.63. The number of aliphatic hydroxyl groups excluding tert-OH is 1. The zero-order valence-electron chi connectivity index (χ0n) is 15.2. The van der Waals surface area contributed by atoms with Crippen LogP contribution in [0.2, 0.25) is 0 Å². The lowest BCUT2D eigenvalue weighted by Gasteiger charge is -2.41. The van der Waals surface area contributed by atoms with Gasteiger partial charge >= 0.3 is 11.9 Å². The molecule has 1 aromatic carbocycles. The first-order valence-electron chi connectivity index (χ1n) is 8.91. The fourth-order valence-electron chi connectivity index (χ4n) is 3.63. The van der Waals surface area contributed by atoms with E-state index in [1.54, 1.807) is 6.92 Å². The number of aliphatic hydroxyl groups is 2. The molecule has 0 atom stereocenters. The highest BCUT2D eigenvalue weighted by atomic mass is 19.4. The maximum atomic E-state index is 13.8. The van der Waals surface area contributed by atoms with Crippen molar-refractivity contribution in [1.29, 1.82) is 0 Å². The number of alkyl halides is 3. The van der Waals surface area contributed by atoms with Gasteiger partial charge in [-0.3, -0.25) is 9.13 Å². The standard InChI is InChI=1S/C18H23F3N2O4/c1-3-4-5-27-12-6-13(18(19,20)21)15-14(7-12)22(10-24)16(25)23(15)11-8-17(2,26)9-11/h6-7,11,24,26H,3-5,8-10H2,1-2H3/t11-,17-. The lowest BCUT2D eigenvalue weighted by atomic mass is 9.77. The van der Waals surface area contributed by atoms with Crippen molar-refractivity contribution in [3.05, 3.63) is 28.2 Å². The van der Waals surface area contributed by atoms with Gasteiger partial charge in [0.25, 0.3) is 0 Å². The van der Waals surface area contributed by atoms with Crippen molar-refractivity contribution in [2.75, 3.05) is 6.61 Å². The first-order chi connectivity index (χ1) is 12.6. The molecule has 0 bridgehead atoms. The molecular weight excluding hydrogens is 365 g/mol. The van der Waals surface area contributed by atoms with E-state index in [0.717, 1.165) is 21.6 Å². The Morgan fingerprint density at radius 1 is 1.33 bits per heavy atom. The Bertz CT molecular complexity index is 891. The molecule has 27 heavy (non-hydrogen) atoms. The number of hydrogen-bond donors (Lipinski definition) is 2. The number of fused-ring (bicyclic) bond motifs is 1. The summed E-state index contributed by atoms with van der Waals surface area (Å²) in [5.41, 5.74) is -3.05. The van der Waals surface area contributed by atoms with Crippen molar-refractivity contribution in [2.24, 2.45) is 0 Å². The third-order valence-electron chi connectivity index (χ3n) is 4.96. The largest absolute Gasteiger partial charge is 0.494 e. The van der Waals surface area contributed by atoms with Crippen LogP contribution in [0.3, 0.4) is 0 Å². The number of benzene rings is 1. The third-order valence-corrected chi connectivity index (χ3v) is 4.96. The van der Waals surface area contributed by atoms with Crippen LogP contribution in [0.15, 0.2) is 16.9 Å². The topological polar surface area (TPSA) is 76.6 Å². The van der Waals surface area contributed by atoms with Crippen LogP contribution in [0.1, 0.15) is 51.1 Å². The van der Waals surface area contributed by atoms with Gasteiger partial charge in [0.1, 0.15) is 12.5 Å². The first-order valence-corrected chi connectivity index (χ1v) is 8.91. The normalized spacial score (nSPS) is 22.9. The molecule has 0 aliphatic heterocycles. The van der Waals surface area contributed by atoms with E-state index in [9.17, 15) is 28.2 Å². The van der Waals surface area contributed by atoms with Crippen LogP contribution < -0.4 is 10.4 Å². The molecule has 1 heterocycles. The molecule has 2 N–H and O–H groups in total. The Kier molecular flexibility index (Phi) is 5.02. The van der Waals surface area contributed by atoms with E-state index in [1.165, 1.54) is 6.07 Å². The predicted octanol–water partition coefficient (Wildman–Crippen LogP) is 3.04. The molecule has 1 saturated carbocycles. The summed E-state index contributed by atoms with van der Waals surface area (Å²) in [6.45, 7) is 3.02. The number of imidazole rings is 1. The van der Waals surface area contributed by atoms with Gasteiger partial charge in [-0.2, -0.15) is 13.2 Å². The highest BCUT2D eigenvalue weighted by Crippen LogP contribution is 2.44. The van der Waals surface area contributed by atoms with Gasteiger partial charge in [0.05, 0.1) is 28.8 Å². The molecule has 1 fully saturated rings. The summed E-state index contributed by atoms with van der Waals surface area (Å²) >= 11 is 0. The molecule has 1 aliphatic carbocycles. The van der Waals surface area contributed by atoms with Crippen LogP contribution in [0.4, 0.5) is 13.2 Å². The number of hydrogen-bond acceptors (Lipinski definition) is 4. The molecule has 3 rings (SSSR count). The molecular formula is C18H23F3N2O4. The summed E-state index contributed by atoms with van der Waals surface area (Å²) < 4.78 is 48.6. The second-order valence-corrected chi connectivity index (χ2v) is 7.32. The van der Waals surface area contributed by atoms with Crippen molar-refractivity contribution in [1.82, 2.24) is 9.13 Å². The van der Waals surface area contributed by atoms with E-state index >= 15 is 0 Å². The van der Waals surface area contributed by atoms with Crippen LogP contribution in [-0.4, -0.2) is 31.6 Å². The van der Waals surface area contributed by atoms with Gasteiger partial charge in [0.15, 0.2) is 0 Å². The molecule has 2 aromatic rings. The lowest BCUT2D eigenvalue weighted by molar-refractivity contribution is -0.136. The van der Waals surface area contributed by atoms with Gasteiger partial charge in [-0.15, -0.1) is 0 Å². The van der Waals surface area contributed by atoms with Gasteiger partial charge in [0, 0.05) is 12.1 Å². The zero-order valence-corrected chi connectivity index (χ0v) is 15.2. The minimum atomic E-state index is -4.70. The van der Waals surface area contributed by atoms with Crippen molar-refractivity contribution in [3.8, 4) is 5.75 Å². The van der Waals surface area contributed by atoms with Crippen LogP contribution in [0.5, 0.6) is 5.75 Å². The van der Waals surface area contributed by atoms with Crippen LogP contribution in [-0.2, 0) is 12.9 Å². The number of halogens is 3. The van der Waals surface area contributed by atoms with Crippen LogP contribution in [0.25, 0.3) is 11.0 Å². The Labute approximate surface area is 153 Å². The summed E-state index contributed by atoms with van der Waals surface area (Å²) in [6, 6.07) is 1.69. The minimum Gasteiger partial charge on any atom is -0.494 e. The SMILES string of the molecule is CCCCOc1cc(C(F)(F)F)c2c(c1)n(CO)c(=O)n2[C@H]1C[C@](C)(O)C1. The average Bonchev–Trinajstić information content (AvgIpc) is 2.82. The van der Waals surface area contributed by atoms with Gasteiger partial charge in [-0.05, 0) is 32.3 Å². The van der Waals surface area contributed by atoms with E-state index in [2.05, 4.69) is 0 Å². The predicted molar refractivity (Wildman–Crippen MR) is 92.7 cm³/mol. The Morgan fingerprint density at radius 2 is 2.00 bits per heavy atom. The van der Waals surface area contributed by atoms with Gasteiger partial charge in [-0.25, -0.2) is 4.79 Å². The average molecular weight is 388 g/mol. The first kappa shape index (κ1) is 19.8. The Balaban J connectivity index is 2.21. The van der Waals surface area contributed by atoms with Crippen molar-refractivity contribution in [3.63, 3.8) is 0 Å². The summed E-state index contributed by atoms with van der Waals surface area (Å²) in [4.78, 5) is 12.7. The highest BCUT2D eigenvalue weighted by molar-refractivity contribution is 5.82. The van der Waals surface area contributed by atoms with Gasteiger partial charge in [-0.1, -0.05) is 13.3 Å². The lowest BCUT2D eigenvalue weighted by Crippen LogP contribution is -2.45. The zero-order chi connectivity index (χ0) is 20.0. The molecule has 9 heteroatoms. The van der Waals surface area contributed by atoms with E-state index < -0.39 is 35.8 Å². The maximum absolute atomic E-state index is 13.8. The molecule has 0 amide bonds. The van der Waals surface area contributed by atoms with Gasteiger partial charge in [0.2, 0.25) is 0 Å². The monoisotopic (exact) mass is 388 g/mol. The summed E-state index contributed by atoms with van der Waals surface area (Å²) in [5.74, 6) is 0.00299. The molecule has 0 spiro atoms. The number of nitrogens with zero attached hydrogens (tertiary/aromatic N) is 2. The molecule has 6 nitrogen and oxygen atoms in total. The second kappa shape index (κ2) is 6.87. The fraction of sp³-hybridized carbons (Fsp3) is 0.611. The summed E-state index contributed by atoms with van der Waals surface area (Å²) in [6.07, 6.45) is -2.85. The molecule has 150 valence electrons. The second-order valence-electron chi connectivity index (χ2n) is 7.32. The molecule has 0 radical (unpaired) electrons. The molecule has 0 unspecified atom stereocenters. The smallest absolute Gasteiger partial charge is 0.418 e. The van der Waals surface area contributed by atoms with E-state index in [1.807, 2.05) is 6.92 Å². The van der Waals surface area contributed by atoms with E-state index in [0.29, 0.717) is 6.42 Å². The van der Waals surface area contributed by atoms with Crippen LogP contribution in [0, 0.1) is 0 Å². The van der Waals surface area contributed by atoms with E-state index in [-0.39, 0.29) is 36.2 Å². The number of unbranched alkanes of at least 4 members (excludes halogenated alkanes) is 1. The van der Waals surface area contributed by atoms with Crippen molar-refractivity contribution in [2.45, 2.75) is 64.1 Å². The maximum Gasteiger partial charge on any atom is 0.418 e. The Morgan fingerprint density at radius 3 is 2.52 bits per heavy atom. The molecule has 1 aromatic heterocycles. The third kappa shape index (κ3) is 3.58. The number of rotatable bonds is 6. The number of ether oxygens (including phenoxy) is 1. The van der Waals surface area contributed by atoms with Crippen molar-refractivity contribution < 1.29 is 28.1 Å². The van der Waals surface area contributed by atoms with Crippen LogP contribution >= 0.6 is 0 Å². The van der Waals surface area contributed by atoms with E-state index in [4.69, 9.17) is 4.74 Å². The Hall–Kier alpha value is -2.00. The minimum absolute atomic E-state index is 0.00299. The summed E-state index contributed by atoms with van der Waals surface area (Å²) in [5, 5.41) is 19.5. The highest BCUT2D eigenvalue weighted by Gasteiger charge is 2.43.